The monoisotopic (exact) mass is 216 g/mol. The first-order valence-corrected chi connectivity index (χ1v) is 6.55. The number of fused-ring (bicyclic) bond motifs is 1. The average molecular weight is 216 g/mol. The summed E-state index contributed by atoms with van der Waals surface area (Å²) < 4.78 is 0. The zero-order chi connectivity index (χ0) is 11.1. The summed E-state index contributed by atoms with van der Waals surface area (Å²) in [4.78, 5) is 7.29. The van der Waals surface area contributed by atoms with Crippen molar-refractivity contribution in [1.29, 1.82) is 0 Å². The van der Waals surface area contributed by atoms with Crippen LogP contribution in [0.15, 0.2) is 12.1 Å². The zero-order valence-corrected chi connectivity index (χ0v) is 10.2. The second-order valence-electron chi connectivity index (χ2n) is 5.14. The van der Waals surface area contributed by atoms with Crippen LogP contribution in [-0.2, 0) is 12.8 Å². The van der Waals surface area contributed by atoms with Gasteiger partial charge in [-0.2, -0.15) is 0 Å². The van der Waals surface area contributed by atoms with E-state index in [1.165, 1.54) is 36.6 Å². The second kappa shape index (κ2) is 3.76. The van der Waals surface area contributed by atoms with E-state index in [0.29, 0.717) is 0 Å². The molecule has 1 aromatic rings. The number of pyridine rings is 1. The highest BCUT2D eigenvalue weighted by atomic mass is 15.2. The van der Waals surface area contributed by atoms with Crippen LogP contribution in [0.1, 0.15) is 31.5 Å². The molecule has 2 fully saturated rings. The standard InChI is InChI=1S/C14H20N2/c1-3-10-5-6-14(15-13(10)4-2)16-8-11-7-12(11)9-16/h5-6,11-12H,3-4,7-9H2,1-2H3. The van der Waals surface area contributed by atoms with E-state index >= 15 is 0 Å². The molecule has 0 bridgehead atoms. The molecule has 0 spiro atoms. The van der Waals surface area contributed by atoms with Gasteiger partial charge in [-0.3, -0.25) is 0 Å². The minimum atomic E-state index is 0.984. The Balaban J connectivity index is 1.84. The molecule has 0 N–H and O–H groups in total. The van der Waals surface area contributed by atoms with Crippen LogP contribution in [0.5, 0.6) is 0 Å². The normalized spacial score (nSPS) is 27.0. The first kappa shape index (κ1) is 10.1. The summed E-state index contributed by atoms with van der Waals surface area (Å²) in [6.07, 6.45) is 3.61. The Hall–Kier alpha value is -1.05. The number of hydrogen-bond acceptors (Lipinski definition) is 2. The SMILES string of the molecule is CCc1ccc(N2CC3CC3C2)nc1CC. The third-order valence-electron chi connectivity index (χ3n) is 4.07. The molecule has 2 heteroatoms. The lowest BCUT2D eigenvalue weighted by molar-refractivity contribution is 0.796. The lowest BCUT2D eigenvalue weighted by Crippen LogP contribution is -2.23. The van der Waals surface area contributed by atoms with E-state index in [1.54, 1.807) is 0 Å². The second-order valence-corrected chi connectivity index (χ2v) is 5.14. The fourth-order valence-electron chi connectivity index (χ4n) is 2.91. The molecule has 2 atom stereocenters. The Kier molecular flexibility index (Phi) is 2.38. The molecule has 1 saturated heterocycles. The summed E-state index contributed by atoms with van der Waals surface area (Å²) in [5, 5.41) is 0. The molecule has 16 heavy (non-hydrogen) atoms. The van der Waals surface area contributed by atoms with Crippen molar-refractivity contribution in [3.8, 4) is 0 Å². The average Bonchev–Trinajstić information content (AvgIpc) is 2.95. The van der Waals surface area contributed by atoms with Crippen LogP contribution in [0.4, 0.5) is 5.82 Å². The summed E-state index contributed by atoms with van der Waals surface area (Å²) in [5.41, 5.74) is 2.70. The van der Waals surface area contributed by atoms with Gasteiger partial charge in [-0.1, -0.05) is 19.9 Å². The maximum absolute atomic E-state index is 4.82. The van der Waals surface area contributed by atoms with Gasteiger partial charge in [0.05, 0.1) is 0 Å². The zero-order valence-electron chi connectivity index (χ0n) is 10.2. The van der Waals surface area contributed by atoms with Gasteiger partial charge in [0.15, 0.2) is 0 Å². The fourth-order valence-corrected chi connectivity index (χ4v) is 2.91. The first-order chi connectivity index (χ1) is 7.81. The van der Waals surface area contributed by atoms with Gasteiger partial charge in [0, 0.05) is 18.8 Å². The largest absolute Gasteiger partial charge is 0.356 e. The van der Waals surface area contributed by atoms with Crippen LogP contribution in [0.2, 0.25) is 0 Å². The Morgan fingerprint density at radius 3 is 2.56 bits per heavy atom. The van der Waals surface area contributed by atoms with Gasteiger partial charge in [0.25, 0.3) is 0 Å². The van der Waals surface area contributed by atoms with Crippen LogP contribution in [0, 0.1) is 11.8 Å². The van der Waals surface area contributed by atoms with Crippen molar-refractivity contribution in [2.75, 3.05) is 18.0 Å². The number of rotatable bonds is 3. The molecular formula is C14H20N2. The van der Waals surface area contributed by atoms with Crippen molar-refractivity contribution in [1.82, 2.24) is 4.98 Å². The van der Waals surface area contributed by atoms with Gasteiger partial charge in [0.1, 0.15) is 5.82 Å². The fraction of sp³-hybridized carbons (Fsp3) is 0.643. The highest BCUT2D eigenvalue weighted by Crippen LogP contribution is 2.45. The maximum Gasteiger partial charge on any atom is 0.128 e. The Morgan fingerprint density at radius 2 is 1.94 bits per heavy atom. The molecular weight excluding hydrogens is 196 g/mol. The van der Waals surface area contributed by atoms with Crippen LogP contribution < -0.4 is 4.90 Å². The van der Waals surface area contributed by atoms with Crippen molar-refractivity contribution < 1.29 is 0 Å². The van der Waals surface area contributed by atoms with E-state index in [1.807, 2.05) is 0 Å². The van der Waals surface area contributed by atoms with E-state index in [9.17, 15) is 0 Å². The third kappa shape index (κ3) is 1.60. The van der Waals surface area contributed by atoms with E-state index in [2.05, 4.69) is 30.9 Å². The summed E-state index contributed by atoms with van der Waals surface area (Å²) in [6.45, 7) is 6.90. The van der Waals surface area contributed by atoms with E-state index in [-0.39, 0.29) is 0 Å². The number of anilines is 1. The minimum Gasteiger partial charge on any atom is -0.356 e. The molecule has 0 amide bonds. The van der Waals surface area contributed by atoms with Gasteiger partial charge in [0.2, 0.25) is 0 Å². The molecule has 2 heterocycles. The quantitative estimate of drug-likeness (QED) is 0.772. The van der Waals surface area contributed by atoms with Gasteiger partial charge in [-0.05, 0) is 42.7 Å². The van der Waals surface area contributed by atoms with Gasteiger partial charge in [-0.25, -0.2) is 4.98 Å². The van der Waals surface area contributed by atoms with Crippen LogP contribution in [-0.4, -0.2) is 18.1 Å². The molecule has 0 aromatic carbocycles. The van der Waals surface area contributed by atoms with Crippen molar-refractivity contribution in [3.05, 3.63) is 23.4 Å². The molecule has 2 aliphatic rings. The topological polar surface area (TPSA) is 16.1 Å². The number of hydrogen-bond donors (Lipinski definition) is 0. The number of piperidine rings is 1. The molecule has 1 aliphatic carbocycles. The van der Waals surface area contributed by atoms with Crippen molar-refractivity contribution >= 4 is 5.82 Å². The molecule has 0 radical (unpaired) electrons. The Bertz CT molecular complexity index is 390. The number of nitrogens with zero attached hydrogens (tertiary/aromatic N) is 2. The molecule has 3 rings (SSSR count). The molecule has 86 valence electrons. The summed E-state index contributed by atoms with van der Waals surface area (Å²) >= 11 is 0. The summed E-state index contributed by atoms with van der Waals surface area (Å²) in [7, 11) is 0. The molecule has 2 nitrogen and oxygen atoms in total. The molecule has 1 aromatic heterocycles. The summed E-state index contributed by atoms with van der Waals surface area (Å²) in [6, 6.07) is 4.48. The highest BCUT2D eigenvalue weighted by Gasteiger charge is 2.45. The highest BCUT2D eigenvalue weighted by molar-refractivity contribution is 5.44. The van der Waals surface area contributed by atoms with Gasteiger partial charge >= 0.3 is 0 Å². The van der Waals surface area contributed by atoms with Gasteiger partial charge in [-0.15, -0.1) is 0 Å². The van der Waals surface area contributed by atoms with Crippen molar-refractivity contribution in [2.24, 2.45) is 11.8 Å². The third-order valence-corrected chi connectivity index (χ3v) is 4.07. The van der Waals surface area contributed by atoms with Crippen LogP contribution >= 0.6 is 0 Å². The predicted octanol–water partition coefficient (Wildman–Crippen LogP) is 2.66. The predicted molar refractivity (Wildman–Crippen MR) is 66.8 cm³/mol. The first-order valence-electron chi connectivity index (χ1n) is 6.55. The molecule has 1 saturated carbocycles. The van der Waals surface area contributed by atoms with E-state index < -0.39 is 0 Å². The van der Waals surface area contributed by atoms with E-state index in [0.717, 1.165) is 24.7 Å². The van der Waals surface area contributed by atoms with Crippen LogP contribution in [0.3, 0.4) is 0 Å². The maximum atomic E-state index is 4.82. The molecule has 1 aliphatic heterocycles. The van der Waals surface area contributed by atoms with Gasteiger partial charge < -0.3 is 4.90 Å². The van der Waals surface area contributed by atoms with Crippen molar-refractivity contribution in [3.63, 3.8) is 0 Å². The molecule has 2 unspecified atom stereocenters. The van der Waals surface area contributed by atoms with Crippen LogP contribution in [0.25, 0.3) is 0 Å². The lowest BCUT2D eigenvalue weighted by atomic mass is 10.1. The summed E-state index contributed by atoms with van der Waals surface area (Å²) in [5.74, 6) is 3.18. The number of aromatic nitrogens is 1. The smallest absolute Gasteiger partial charge is 0.128 e. The minimum absolute atomic E-state index is 0.984. The van der Waals surface area contributed by atoms with E-state index in [4.69, 9.17) is 4.98 Å². The Labute approximate surface area is 97.7 Å². The number of aryl methyl sites for hydroxylation is 2. The Morgan fingerprint density at radius 1 is 1.19 bits per heavy atom. The lowest BCUT2D eigenvalue weighted by Gasteiger charge is -2.20. The van der Waals surface area contributed by atoms with Crippen molar-refractivity contribution in [2.45, 2.75) is 33.1 Å².